The van der Waals surface area contributed by atoms with Crippen molar-refractivity contribution in [3.8, 4) is 5.75 Å². The van der Waals surface area contributed by atoms with Crippen molar-refractivity contribution in [3.05, 3.63) is 64.9 Å². The van der Waals surface area contributed by atoms with Crippen LogP contribution in [0.3, 0.4) is 0 Å². The highest BCUT2D eigenvalue weighted by molar-refractivity contribution is 6.30. The van der Waals surface area contributed by atoms with Crippen molar-refractivity contribution >= 4 is 17.5 Å². The number of amides is 1. The van der Waals surface area contributed by atoms with Crippen molar-refractivity contribution in [3.63, 3.8) is 0 Å². The van der Waals surface area contributed by atoms with Crippen LogP contribution in [-0.4, -0.2) is 19.1 Å². The molecule has 2 rings (SSSR count). The van der Waals surface area contributed by atoms with Gasteiger partial charge in [0.2, 0.25) is 0 Å². The first-order chi connectivity index (χ1) is 9.65. The molecule has 0 fully saturated rings. The molecule has 1 amide bonds. The number of ether oxygens (including phenoxy) is 1. The third-order valence-corrected chi connectivity index (χ3v) is 2.81. The number of rotatable bonds is 5. The Balaban J connectivity index is 1.76. The van der Waals surface area contributed by atoms with Crippen LogP contribution in [0.2, 0.25) is 5.02 Å². The van der Waals surface area contributed by atoms with E-state index in [9.17, 15) is 9.18 Å². The van der Waals surface area contributed by atoms with Crippen molar-refractivity contribution in [2.45, 2.75) is 0 Å². The zero-order chi connectivity index (χ0) is 14.4. The average molecular weight is 294 g/mol. The highest BCUT2D eigenvalue weighted by Gasteiger charge is 2.05. The minimum absolute atomic E-state index is 0.288. The molecule has 0 aromatic heterocycles. The quantitative estimate of drug-likeness (QED) is 0.859. The van der Waals surface area contributed by atoms with Crippen molar-refractivity contribution < 1.29 is 13.9 Å². The lowest BCUT2D eigenvalue weighted by Crippen LogP contribution is -2.28. The third-order valence-electron chi connectivity index (χ3n) is 2.56. The van der Waals surface area contributed by atoms with Crippen LogP contribution in [0.25, 0.3) is 0 Å². The molecular formula is C15H13ClFNO2. The zero-order valence-corrected chi connectivity index (χ0v) is 11.4. The first-order valence-corrected chi connectivity index (χ1v) is 6.45. The zero-order valence-electron chi connectivity index (χ0n) is 10.6. The number of carbonyl (C=O) groups is 1. The van der Waals surface area contributed by atoms with Gasteiger partial charge in [0.15, 0.2) is 0 Å². The van der Waals surface area contributed by atoms with Crippen molar-refractivity contribution in [1.29, 1.82) is 0 Å². The first-order valence-electron chi connectivity index (χ1n) is 6.07. The number of hydrogen-bond donors (Lipinski definition) is 1. The fourth-order valence-corrected chi connectivity index (χ4v) is 1.72. The summed E-state index contributed by atoms with van der Waals surface area (Å²) in [6, 6.07) is 12.5. The van der Waals surface area contributed by atoms with Crippen molar-refractivity contribution in [1.82, 2.24) is 5.32 Å². The lowest BCUT2D eigenvalue weighted by molar-refractivity contribution is 0.0946. The molecule has 2 aromatic carbocycles. The van der Waals surface area contributed by atoms with Crippen LogP contribution >= 0.6 is 11.6 Å². The topological polar surface area (TPSA) is 38.3 Å². The highest BCUT2D eigenvalue weighted by Crippen LogP contribution is 2.15. The highest BCUT2D eigenvalue weighted by atomic mass is 35.5. The monoisotopic (exact) mass is 293 g/mol. The summed E-state index contributed by atoms with van der Waals surface area (Å²) in [5.41, 5.74) is 0.288. The van der Waals surface area contributed by atoms with E-state index in [0.29, 0.717) is 23.9 Å². The van der Waals surface area contributed by atoms with E-state index in [2.05, 4.69) is 5.32 Å². The van der Waals surface area contributed by atoms with E-state index in [4.69, 9.17) is 16.3 Å². The fourth-order valence-electron chi connectivity index (χ4n) is 1.60. The van der Waals surface area contributed by atoms with E-state index < -0.39 is 5.82 Å². The van der Waals surface area contributed by atoms with Gasteiger partial charge in [-0.25, -0.2) is 4.39 Å². The number of nitrogens with one attached hydrogen (secondary N) is 1. The van der Waals surface area contributed by atoms with E-state index in [1.54, 1.807) is 30.3 Å². The second-order valence-corrected chi connectivity index (χ2v) is 4.51. The molecule has 0 aliphatic carbocycles. The second kappa shape index (κ2) is 6.91. The molecule has 0 aliphatic rings. The smallest absolute Gasteiger partial charge is 0.251 e. The van der Waals surface area contributed by atoms with E-state index in [0.717, 1.165) is 0 Å². The molecule has 0 saturated carbocycles. The lowest BCUT2D eigenvalue weighted by Gasteiger charge is -2.08. The molecule has 5 heteroatoms. The molecule has 0 saturated heterocycles. The molecule has 0 heterocycles. The van der Waals surface area contributed by atoms with Gasteiger partial charge in [-0.2, -0.15) is 0 Å². The summed E-state index contributed by atoms with van der Waals surface area (Å²) in [6.45, 7) is 0.653. The predicted octanol–water partition coefficient (Wildman–Crippen LogP) is 3.29. The Labute approximate surface area is 121 Å². The Bertz CT molecular complexity index is 587. The molecule has 0 aliphatic heterocycles. The van der Waals surface area contributed by atoms with E-state index in [-0.39, 0.29) is 11.5 Å². The van der Waals surface area contributed by atoms with Gasteiger partial charge in [-0.15, -0.1) is 0 Å². The van der Waals surface area contributed by atoms with Gasteiger partial charge >= 0.3 is 0 Å². The van der Waals surface area contributed by atoms with Crippen LogP contribution in [0.1, 0.15) is 10.4 Å². The maximum Gasteiger partial charge on any atom is 0.251 e. The Kier molecular flexibility index (Phi) is 4.96. The fraction of sp³-hybridized carbons (Fsp3) is 0.133. The molecular weight excluding hydrogens is 281 g/mol. The van der Waals surface area contributed by atoms with Gasteiger partial charge in [0, 0.05) is 10.6 Å². The largest absolute Gasteiger partial charge is 0.492 e. The predicted molar refractivity (Wildman–Crippen MR) is 75.7 cm³/mol. The number of benzene rings is 2. The molecule has 104 valence electrons. The Hall–Kier alpha value is -2.07. The van der Waals surface area contributed by atoms with Crippen LogP contribution < -0.4 is 10.1 Å². The summed E-state index contributed by atoms with van der Waals surface area (Å²) in [4.78, 5) is 11.7. The summed E-state index contributed by atoms with van der Waals surface area (Å²) in [5.74, 6) is -0.0892. The maximum absolute atomic E-state index is 13.0. The van der Waals surface area contributed by atoms with Crippen LogP contribution in [0, 0.1) is 5.82 Å². The number of halogens is 2. The molecule has 20 heavy (non-hydrogen) atoms. The lowest BCUT2D eigenvalue weighted by atomic mass is 10.2. The van der Waals surface area contributed by atoms with Crippen LogP contribution in [0.5, 0.6) is 5.75 Å². The van der Waals surface area contributed by atoms with Gasteiger partial charge in [-0.1, -0.05) is 17.7 Å². The van der Waals surface area contributed by atoms with Gasteiger partial charge in [0.05, 0.1) is 6.54 Å². The van der Waals surface area contributed by atoms with Crippen LogP contribution in [0.4, 0.5) is 4.39 Å². The minimum Gasteiger partial charge on any atom is -0.492 e. The van der Waals surface area contributed by atoms with E-state index in [1.807, 2.05) is 0 Å². The normalized spacial score (nSPS) is 10.1. The summed E-state index contributed by atoms with van der Waals surface area (Å²) in [7, 11) is 0. The standard InChI is InChI=1S/C15H13ClFNO2/c16-12-4-6-14(7-5-12)20-9-8-18-15(19)11-2-1-3-13(17)10-11/h1-7,10H,8-9H2,(H,18,19). The molecule has 0 unspecified atom stereocenters. The first kappa shape index (κ1) is 14.3. The van der Waals surface area contributed by atoms with Gasteiger partial charge in [0.1, 0.15) is 18.2 Å². The van der Waals surface area contributed by atoms with E-state index >= 15 is 0 Å². The molecule has 0 spiro atoms. The third kappa shape index (κ3) is 4.24. The molecule has 3 nitrogen and oxygen atoms in total. The summed E-state index contributed by atoms with van der Waals surface area (Å²) in [6.07, 6.45) is 0. The summed E-state index contributed by atoms with van der Waals surface area (Å²) < 4.78 is 18.4. The van der Waals surface area contributed by atoms with Gasteiger partial charge in [-0.05, 0) is 42.5 Å². The van der Waals surface area contributed by atoms with Crippen LogP contribution in [0.15, 0.2) is 48.5 Å². The molecule has 0 radical (unpaired) electrons. The van der Waals surface area contributed by atoms with Gasteiger partial charge < -0.3 is 10.1 Å². The Morgan fingerprint density at radius 3 is 2.65 bits per heavy atom. The summed E-state index contributed by atoms with van der Waals surface area (Å²) >= 11 is 5.75. The maximum atomic E-state index is 13.0. The minimum atomic E-state index is -0.435. The average Bonchev–Trinajstić information content (AvgIpc) is 2.45. The van der Waals surface area contributed by atoms with Gasteiger partial charge in [0.25, 0.3) is 5.91 Å². The van der Waals surface area contributed by atoms with E-state index in [1.165, 1.54) is 18.2 Å². The molecule has 2 aromatic rings. The molecule has 0 bridgehead atoms. The van der Waals surface area contributed by atoms with Crippen molar-refractivity contribution in [2.75, 3.05) is 13.2 Å². The van der Waals surface area contributed by atoms with Gasteiger partial charge in [-0.3, -0.25) is 4.79 Å². The van der Waals surface area contributed by atoms with Crippen molar-refractivity contribution in [2.24, 2.45) is 0 Å². The Morgan fingerprint density at radius 2 is 1.95 bits per heavy atom. The second-order valence-electron chi connectivity index (χ2n) is 4.07. The SMILES string of the molecule is O=C(NCCOc1ccc(Cl)cc1)c1cccc(F)c1. The van der Waals surface area contributed by atoms with Crippen LogP contribution in [-0.2, 0) is 0 Å². The summed E-state index contributed by atoms with van der Waals surface area (Å²) in [5, 5.41) is 3.29. The molecule has 1 N–H and O–H groups in total. The number of hydrogen-bond acceptors (Lipinski definition) is 2. The number of carbonyl (C=O) groups excluding carboxylic acids is 1. The molecule has 0 atom stereocenters. The Morgan fingerprint density at radius 1 is 1.20 bits per heavy atom.